The molecule has 1 aliphatic rings. The predicted molar refractivity (Wildman–Crippen MR) is 135 cm³/mol. The number of rotatable bonds is 10. The number of guanidine groups is 1. The molecule has 1 heterocycles. The molecule has 1 saturated heterocycles. The van der Waals surface area contributed by atoms with E-state index >= 15 is 0 Å². The number of likely N-dealkylation sites (tertiary alicyclic amines) is 1. The summed E-state index contributed by atoms with van der Waals surface area (Å²) in [5.41, 5.74) is 1.20. The number of halogens is 2. The summed E-state index contributed by atoms with van der Waals surface area (Å²) in [4.78, 5) is 7.25. The van der Waals surface area contributed by atoms with Crippen molar-refractivity contribution in [1.82, 2.24) is 15.5 Å². The first kappa shape index (κ1) is 26.5. The summed E-state index contributed by atoms with van der Waals surface area (Å²) in [7, 11) is 0. The topological polar surface area (TPSA) is 48.9 Å². The Labute approximate surface area is 199 Å². The van der Waals surface area contributed by atoms with Gasteiger partial charge in [-0.1, -0.05) is 29.8 Å². The van der Waals surface area contributed by atoms with Crippen LogP contribution in [0.25, 0.3) is 0 Å². The third kappa shape index (κ3) is 10.9. The number of nitrogens with zero attached hydrogens (tertiary/aromatic N) is 2. The minimum Gasteiger partial charge on any atom is -0.377 e. The van der Waals surface area contributed by atoms with Gasteiger partial charge < -0.3 is 20.3 Å². The van der Waals surface area contributed by atoms with Gasteiger partial charge in [-0.3, -0.25) is 4.99 Å². The maximum absolute atomic E-state index is 6.23. The Morgan fingerprint density at radius 1 is 1.28 bits per heavy atom. The fraction of sp³-hybridized carbons (Fsp3) is 0.682. The standard InChI is InChI=1S/C22H37ClN4O.HI/c1-4-24-22(25-13-7-9-19-8-5-6-10-21(19)23)26-20-11-14-27(15-12-20)16-17-28-18(2)3;/h5-6,8,10,18,20H,4,7,9,11-17H2,1-3H3,(H2,24,25,26);1H. The van der Waals surface area contributed by atoms with Crippen molar-refractivity contribution in [3.05, 3.63) is 34.9 Å². The third-order valence-electron chi connectivity index (χ3n) is 4.96. The van der Waals surface area contributed by atoms with E-state index in [0.29, 0.717) is 12.1 Å². The number of piperidine rings is 1. The Balaban J connectivity index is 0.00000420. The molecule has 0 bridgehead atoms. The Kier molecular flexibility index (Phi) is 13.9. The highest BCUT2D eigenvalue weighted by molar-refractivity contribution is 14.0. The molecular formula is C22H38ClIN4O. The van der Waals surface area contributed by atoms with Crippen molar-refractivity contribution < 1.29 is 4.74 Å². The van der Waals surface area contributed by atoms with Gasteiger partial charge >= 0.3 is 0 Å². The van der Waals surface area contributed by atoms with E-state index in [4.69, 9.17) is 21.3 Å². The van der Waals surface area contributed by atoms with Crippen LogP contribution in [0.5, 0.6) is 0 Å². The van der Waals surface area contributed by atoms with E-state index in [0.717, 1.165) is 76.0 Å². The molecule has 0 spiro atoms. The number of ether oxygens (including phenoxy) is 1. The lowest BCUT2D eigenvalue weighted by Gasteiger charge is -2.33. The second kappa shape index (κ2) is 15.3. The number of aryl methyl sites for hydroxylation is 1. The highest BCUT2D eigenvalue weighted by Gasteiger charge is 2.19. The highest BCUT2D eigenvalue weighted by Crippen LogP contribution is 2.16. The van der Waals surface area contributed by atoms with Gasteiger partial charge in [-0.25, -0.2) is 0 Å². The predicted octanol–water partition coefficient (Wildman–Crippen LogP) is 4.34. The molecule has 2 rings (SSSR count). The van der Waals surface area contributed by atoms with Gasteiger partial charge in [0.1, 0.15) is 0 Å². The average Bonchev–Trinajstić information content (AvgIpc) is 2.67. The molecule has 1 aromatic carbocycles. The van der Waals surface area contributed by atoms with Gasteiger partial charge in [-0.05, 0) is 58.1 Å². The van der Waals surface area contributed by atoms with E-state index in [1.807, 2.05) is 18.2 Å². The molecule has 1 aromatic rings. The molecule has 0 atom stereocenters. The van der Waals surface area contributed by atoms with Crippen molar-refractivity contribution in [2.24, 2.45) is 4.99 Å². The molecule has 0 saturated carbocycles. The largest absolute Gasteiger partial charge is 0.377 e. The number of hydrogen-bond donors (Lipinski definition) is 2. The molecule has 1 fully saturated rings. The summed E-state index contributed by atoms with van der Waals surface area (Å²) in [5, 5.41) is 7.84. The molecule has 1 aliphatic heterocycles. The maximum atomic E-state index is 6.23. The van der Waals surface area contributed by atoms with E-state index in [2.05, 4.69) is 42.4 Å². The molecule has 0 aromatic heterocycles. The summed E-state index contributed by atoms with van der Waals surface area (Å²) in [6.45, 7) is 12.0. The fourth-order valence-electron chi connectivity index (χ4n) is 3.39. The molecule has 5 nitrogen and oxygen atoms in total. The van der Waals surface area contributed by atoms with Crippen LogP contribution in [0.1, 0.15) is 45.6 Å². The van der Waals surface area contributed by atoms with Gasteiger partial charge in [0.05, 0.1) is 12.7 Å². The number of hydrogen-bond acceptors (Lipinski definition) is 3. The van der Waals surface area contributed by atoms with Gasteiger partial charge in [-0.15, -0.1) is 24.0 Å². The number of aliphatic imine (C=N–C) groups is 1. The normalized spacial score (nSPS) is 16.0. The molecule has 29 heavy (non-hydrogen) atoms. The van der Waals surface area contributed by atoms with Gasteiger partial charge in [0, 0.05) is 43.8 Å². The number of benzene rings is 1. The van der Waals surface area contributed by atoms with Crippen LogP contribution < -0.4 is 10.6 Å². The zero-order valence-corrected chi connectivity index (χ0v) is 21.2. The Morgan fingerprint density at radius 3 is 2.66 bits per heavy atom. The lowest BCUT2D eigenvalue weighted by molar-refractivity contribution is 0.0532. The minimum absolute atomic E-state index is 0. The van der Waals surface area contributed by atoms with Crippen LogP contribution in [0.15, 0.2) is 29.3 Å². The monoisotopic (exact) mass is 536 g/mol. The van der Waals surface area contributed by atoms with Crippen molar-refractivity contribution in [2.45, 2.75) is 58.6 Å². The number of nitrogens with one attached hydrogen (secondary N) is 2. The smallest absolute Gasteiger partial charge is 0.191 e. The third-order valence-corrected chi connectivity index (χ3v) is 5.33. The molecule has 0 radical (unpaired) electrons. The molecule has 166 valence electrons. The molecular weight excluding hydrogens is 499 g/mol. The van der Waals surface area contributed by atoms with E-state index in [9.17, 15) is 0 Å². The summed E-state index contributed by atoms with van der Waals surface area (Å²) in [5.74, 6) is 0.934. The second-order valence-electron chi connectivity index (χ2n) is 7.64. The van der Waals surface area contributed by atoms with Gasteiger partial charge in [0.15, 0.2) is 5.96 Å². The van der Waals surface area contributed by atoms with E-state index in [1.54, 1.807) is 0 Å². The minimum atomic E-state index is 0. The van der Waals surface area contributed by atoms with Gasteiger partial charge in [0.2, 0.25) is 0 Å². The van der Waals surface area contributed by atoms with Gasteiger partial charge in [0.25, 0.3) is 0 Å². The van der Waals surface area contributed by atoms with Crippen LogP contribution in [0.3, 0.4) is 0 Å². The van der Waals surface area contributed by atoms with E-state index in [-0.39, 0.29) is 24.0 Å². The maximum Gasteiger partial charge on any atom is 0.191 e. The first-order valence-corrected chi connectivity index (χ1v) is 11.1. The molecule has 0 aliphatic carbocycles. The van der Waals surface area contributed by atoms with E-state index < -0.39 is 0 Å². The molecule has 0 amide bonds. The summed E-state index contributed by atoms with van der Waals surface area (Å²) < 4.78 is 5.67. The fourth-order valence-corrected chi connectivity index (χ4v) is 3.62. The summed E-state index contributed by atoms with van der Waals surface area (Å²) in [6.07, 6.45) is 4.56. The molecule has 7 heteroatoms. The van der Waals surface area contributed by atoms with Crippen LogP contribution in [-0.4, -0.2) is 62.3 Å². The van der Waals surface area contributed by atoms with Crippen LogP contribution in [0.2, 0.25) is 5.02 Å². The first-order chi connectivity index (χ1) is 13.6. The van der Waals surface area contributed by atoms with Crippen molar-refractivity contribution >= 4 is 41.5 Å². The zero-order valence-electron chi connectivity index (χ0n) is 18.1. The van der Waals surface area contributed by atoms with Crippen LogP contribution in [0.4, 0.5) is 0 Å². The second-order valence-corrected chi connectivity index (χ2v) is 8.04. The first-order valence-electron chi connectivity index (χ1n) is 10.7. The lowest BCUT2D eigenvalue weighted by atomic mass is 10.1. The Bertz CT molecular complexity index is 592. The average molecular weight is 537 g/mol. The van der Waals surface area contributed by atoms with Crippen molar-refractivity contribution in [1.29, 1.82) is 0 Å². The zero-order chi connectivity index (χ0) is 20.2. The van der Waals surface area contributed by atoms with Crippen molar-refractivity contribution in [2.75, 3.05) is 39.3 Å². The molecule has 2 N–H and O–H groups in total. The van der Waals surface area contributed by atoms with Crippen molar-refractivity contribution in [3.8, 4) is 0 Å². The van der Waals surface area contributed by atoms with Crippen molar-refractivity contribution in [3.63, 3.8) is 0 Å². The van der Waals surface area contributed by atoms with E-state index in [1.165, 1.54) is 5.56 Å². The Morgan fingerprint density at radius 2 is 2.00 bits per heavy atom. The van der Waals surface area contributed by atoms with Crippen LogP contribution in [-0.2, 0) is 11.2 Å². The van der Waals surface area contributed by atoms with Gasteiger partial charge in [-0.2, -0.15) is 0 Å². The molecule has 0 unspecified atom stereocenters. The van der Waals surface area contributed by atoms with Crippen LogP contribution in [0, 0.1) is 0 Å². The van der Waals surface area contributed by atoms with Crippen LogP contribution >= 0.6 is 35.6 Å². The summed E-state index contributed by atoms with van der Waals surface area (Å²) in [6, 6.07) is 8.54. The highest BCUT2D eigenvalue weighted by atomic mass is 127. The summed E-state index contributed by atoms with van der Waals surface area (Å²) >= 11 is 6.23. The SMILES string of the molecule is CCNC(=NCCCc1ccccc1Cl)NC1CCN(CCOC(C)C)CC1.I. The quantitative estimate of drug-likeness (QED) is 0.202. The Hall–Kier alpha value is -0.570. The lowest BCUT2D eigenvalue weighted by Crippen LogP contribution is -2.49.